The van der Waals surface area contributed by atoms with Crippen molar-refractivity contribution in [3.05, 3.63) is 78.1 Å². The smallest absolute Gasteiger partial charge is 0.399 e. The number of rotatable bonds is 4. The van der Waals surface area contributed by atoms with Crippen molar-refractivity contribution in [1.82, 2.24) is 39.2 Å². The molecule has 9 heterocycles. The topological polar surface area (TPSA) is 182 Å². The molecular weight excluding hydrogens is 792 g/mol. The van der Waals surface area contributed by atoms with Gasteiger partial charge in [0, 0.05) is 62.0 Å². The van der Waals surface area contributed by atoms with E-state index in [4.69, 9.17) is 35.2 Å². The summed E-state index contributed by atoms with van der Waals surface area (Å²) in [5, 5.41) is 8.96. The van der Waals surface area contributed by atoms with Crippen LogP contribution >= 0.6 is 0 Å². The summed E-state index contributed by atoms with van der Waals surface area (Å²) in [4.78, 5) is 21.7. The van der Waals surface area contributed by atoms with Gasteiger partial charge in [0.2, 0.25) is 0 Å². The van der Waals surface area contributed by atoms with Crippen LogP contribution in [0.3, 0.4) is 0 Å². The van der Waals surface area contributed by atoms with E-state index in [1.54, 1.807) is 33.9 Å². The van der Waals surface area contributed by atoms with Gasteiger partial charge in [-0.1, -0.05) is 14.9 Å². The lowest BCUT2D eigenvalue weighted by Crippen LogP contribution is -2.41. The van der Waals surface area contributed by atoms with E-state index in [1.807, 2.05) is 65.6 Å². The summed E-state index contributed by atoms with van der Waals surface area (Å²) in [6, 6.07) is 10.7. The molecule has 0 amide bonds. The van der Waals surface area contributed by atoms with E-state index in [2.05, 4.69) is 34.9 Å². The van der Waals surface area contributed by atoms with Crippen molar-refractivity contribution in [2.24, 2.45) is 0 Å². The first-order valence-electron chi connectivity index (χ1n) is 19.2. The first-order valence-corrected chi connectivity index (χ1v) is 19.2. The zero-order valence-corrected chi connectivity index (χ0v) is 33.9. The van der Waals surface area contributed by atoms with Crippen LogP contribution in [-0.4, -0.2) is 110 Å². The van der Waals surface area contributed by atoms with Gasteiger partial charge in [-0.15, -0.1) is 5.10 Å². The van der Waals surface area contributed by atoms with Gasteiger partial charge in [-0.05, 0) is 83.5 Å². The monoisotopic (exact) mass is 848 g/mol. The first-order chi connectivity index (χ1) is 28.0. The van der Waals surface area contributed by atoms with Crippen LogP contribution in [0.25, 0.3) is 22.4 Å². The average molecular weight is 849 g/mol. The highest BCUT2D eigenvalue weighted by Gasteiger charge is 2.54. The molecule has 3 fully saturated rings. The Kier molecular flexibility index (Phi) is 14.2. The van der Waals surface area contributed by atoms with Gasteiger partial charge in [0.1, 0.15) is 28.5 Å². The summed E-state index contributed by atoms with van der Waals surface area (Å²) in [5.74, 6) is 3.70. The summed E-state index contributed by atoms with van der Waals surface area (Å²) >= 11 is 0. The van der Waals surface area contributed by atoms with Crippen LogP contribution in [-0.2, 0) is 25.0 Å². The van der Waals surface area contributed by atoms with Crippen LogP contribution in [0.15, 0.2) is 61.2 Å². The summed E-state index contributed by atoms with van der Waals surface area (Å²) in [7, 11) is -1.12. The van der Waals surface area contributed by atoms with Gasteiger partial charge in [0.25, 0.3) is 0 Å². The molecule has 61 heavy (non-hydrogen) atoms. The van der Waals surface area contributed by atoms with E-state index in [1.165, 1.54) is 0 Å². The Morgan fingerprint density at radius 1 is 0.705 bits per heavy atom. The zero-order valence-electron chi connectivity index (χ0n) is 33.9. The molecule has 6 aromatic rings. The maximum atomic E-state index is 13.1. The van der Waals surface area contributed by atoms with Crippen molar-refractivity contribution in [2.45, 2.75) is 73.8 Å². The number of pyridine rings is 2. The lowest BCUT2D eigenvalue weighted by molar-refractivity contribution is -0.136. The SMILES string of the molecule is C.C.CC1(C)OB(c2cnc(N)cc2C(F)(F)F)OC1(C)C.Cc1cc(N)ncc1-c1nc(N2CCOCC2)c2cccn2n1.Cc1nc(N2CCOCC2)c2cccn2n1. The molecule has 4 N–H and O–H groups in total. The van der Waals surface area contributed by atoms with Crippen molar-refractivity contribution in [3.63, 3.8) is 0 Å². The van der Waals surface area contributed by atoms with E-state index in [0.717, 1.165) is 91.3 Å². The minimum absolute atomic E-state index is 0. The molecule has 3 saturated heterocycles. The Morgan fingerprint density at radius 3 is 1.72 bits per heavy atom. The third-order valence-corrected chi connectivity index (χ3v) is 10.6. The quantitative estimate of drug-likeness (QED) is 0.208. The maximum absolute atomic E-state index is 13.1. The fourth-order valence-corrected chi connectivity index (χ4v) is 6.77. The number of halogens is 3. The van der Waals surface area contributed by atoms with Gasteiger partial charge in [-0.3, -0.25) is 0 Å². The summed E-state index contributed by atoms with van der Waals surface area (Å²) in [6.45, 7) is 17.4. The van der Waals surface area contributed by atoms with E-state index < -0.39 is 30.1 Å². The predicted octanol–water partition coefficient (Wildman–Crippen LogP) is 5.65. The summed E-state index contributed by atoms with van der Waals surface area (Å²) < 4.78 is 65.0. The van der Waals surface area contributed by atoms with Crippen molar-refractivity contribution >= 4 is 46.9 Å². The number of nitrogens with zero attached hydrogens (tertiary/aromatic N) is 10. The molecule has 0 aliphatic carbocycles. The lowest BCUT2D eigenvalue weighted by atomic mass is 9.77. The number of alkyl halides is 3. The molecule has 3 aliphatic heterocycles. The van der Waals surface area contributed by atoms with Crippen molar-refractivity contribution in [2.75, 3.05) is 73.9 Å². The lowest BCUT2D eigenvalue weighted by Gasteiger charge is -2.32. The van der Waals surface area contributed by atoms with Gasteiger partial charge in [-0.2, -0.15) is 18.3 Å². The van der Waals surface area contributed by atoms with E-state index in [0.29, 0.717) is 24.9 Å². The minimum atomic E-state index is -4.55. The number of hydrogen-bond acceptors (Lipinski definition) is 14. The third kappa shape index (κ3) is 10.1. The zero-order chi connectivity index (χ0) is 42.1. The van der Waals surface area contributed by atoms with Crippen LogP contribution in [0, 0.1) is 13.8 Å². The van der Waals surface area contributed by atoms with Crippen LogP contribution in [0.1, 0.15) is 59.5 Å². The highest BCUT2D eigenvalue weighted by molar-refractivity contribution is 6.62. The second kappa shape index (κ2) is 18.6. The molecule has 328 valence electrons. The molecule has 0 aromatic carbocycles. The minimum Gasteiger partial charge on any atom is -0.399 e. The molecule has 0 spiro atoms. The Bertz CT molecular complexity index is 2400. The molecule has 0 unspecified atom stereocenters. The first kappa shape index (κ1) is 46.5. The number of nitrogen functional groups attached to an aromatic ring is 2. The molecule has 20 heteroatoms. The van der Waals surface area contributed by atoms with Gasteiger partial charge in [0.15, 0.2) is 17.5 Å². The highest BCUT2D eigenvalue weighted by atomic mass is 19.4. The Balaban J connectivity index is 0.000000173. The number of aryl methyl sites for hydroxylation is 2. The number of fused-ring (bicyclic) bond motifs is 2. The van der Waals surface area contributed by atoms with Crippen LogP contribution in [0.2, 0.25) is 0 Å². The van der Waals surface area contributed by atoms with E-state index in [9.17, 15) is 13.2 Å². The number of aromatic nitrogens is 8. The largest absolute Gasteiger partial charge is 0.497 e. The number of ether oxygens (including phenoxy) is 2. The van der Waals surface area contributed by atoms with E-state index in [-0.39, 0.29) is 26.1 Å². The van der Waals surface area contributed by atoms with Gasteiger partial charge < -0.3 is 40.0 Å². The molecule has 16 nitrogen and oxygen atoms in total. The maximum Gasteiger partial charge on any atom is 0.497 e. The Hall–Kier alpha value is -5.57. The normalized spacial score (nSPS) is 17.2. The van der Waals surface area contributed by atoms with Gasteiger partial charge in [-0.25, -0.2) is 29.0 Å². The highest BCUT2D eigenvalue weighted by Crippen LogP contribution is 2.38. The number of morpholine rings is 2. The molecule has 9 rings (SSSR count). The molecule has 6 aromatic heterocycles. The molecule has 0 radical (unpaired) electrons. The second-order valence-electron chi connectivity index (χ2n) is 15.3. The van der Waals surface area contributed by atoms with Crippen molar-refractivity contribution < 1.29 is 32.0 Å². The molecule has 0 bridgehead atoms. The van der Waals surface area contributed by atoms with E-state index >= 15 is 0 Å². The van der Waals surface area contributed by atoms with Gasteiger partial charge in [0.05, 0.1) is 43.2 Å². The molecule has 3 aliphatic rings. The van der Waals surface area contributed by atoms with Crippen LogP contribution in [0.4, 0.5) is 36.4 Å². The number of hydrogen-bond donors (Lipinski definition) is 2. The molecule has 0 saturated carbocycles. The van der Waals surface area contributed by atoms with Crippen molar-refractivity contribution in [3.8, 4) is 11.4 Å². The number of anilines is 4. The predicted molar refractivity (Wildman–Crippen MR) is 232 cm³/mol. The molecule has 0 atom stereocenters. The Labute approximate surface area is 354 Å². The summed E-state index contributed by atoms with van der Waals surface area (Å²) in [6.07, 6.45) is 2.13. The van der Waals surface area contributed by atoms with Crippen LogP contribution < -0.4 is 26.7 Å². The number of nitrogens with two attached hydrogens (primary N) is 2. The fraction of sp³-hybridized carbons (Fsp3) is 0.463. The third-order valence-electron chi connectivity index (χ3n) is 10.6. The fourth-order valence-electron chi connectivity index (χ4n) is 6.77. The average Bonchev–Trinajstić information content (AvgIpc) is 3.92. The van der Waals surface area contributed by atoms with Gasteiger partial charge >= 0.3 is 13.3 Å². The summed E-state index contributed by atoms with van der Waals surface area (Å²) in [5.41, 5.74) is 12.6. The second-order valence-corrected chi connectivity index (χ2v) is 15.3. The van der Waals surface area contributed by atoms with Crippen molar-refractivity contribution in [1.29, 1.82) is 0 Å². The van der Waals surface area contributed by atoms with Crippen LogP contribution in [0.5, 0.6) is 0 Å². The molecular formula is C41H56BF3N12O4. The standard InChI is InChI=1S/C16H18N6O.C12H16BF3N2O2.C11H14N4O.2CH4/c1-11-9-14(17)18-10-12(11)15-19-16(21-5-7-23-8-6-21)13-3-2-4-22(13)20-15;1-10(2)11(3,4)20-13(19-10)8-6-18-9(17)5-7(8)12(14,15)16;1-9-12-11(14-5-7-16-8-6-14)10-3-2-4-15(10)13-9;;/h2-4,9-10H,5-8H2,1H3,(H2,17,18);5-6H,1-4H3,(H2,17,18);2-4H,5-8H2,1H3;2*1H4. The Morgan fingerprint density at radius 2 is 1.20 bits per heavy atom.